The molecule has 0 aromatic heterocycles. The summed E-state index contributed by atoms with van der Waals surface area (Å²) in [6.07, 6.45) is -1.05. The van der Waals surface area contributed by atoms with Crippen LogP contribution in [0.2, 0.25) is 5.02 Å². The van der Waals surface area contributed by atoms with Crippen LogP contribution in [0, 0.1) is 6.92 Å². The molecular weight excluding hydrogens is 452 g/mol. The number of hydrogen-bond acceptors (Lipinski definition) is 5. The molecule has 1 amide bonds. The number of nitrogens with zero attached hydrogens (tertiary/aromatic N) is 1. The number of anilines is 2. The molecule has 9 heteroatoms. The van der Waals surface area contributed by atoms with Crippen LogP contribution in [0.4, 0.5) is 11.4 Å². The van der Waals surface area contributed by atoms with Gasteiger partial charge in [-0.3, -0.25) is 9.10 Å². The molecule has 0 aliphatic carbocycles. The average molecular weight is 473 g/mol. The van der Waals surface area contributed by atoms with Gasteiger partial charge in [0.1, 0.15) is 11.5 Å². The maximum absolute atomic E-state index is 13.5. The first kappa shape index (κ1) is 22.0. The van der Waals surface area contributed by atoms with E-state index < -0.39 is 22.0 Å². The molecular formula is C23H21ClN2O5S. The minimum absolute atomic E-state index is 0.0867. The van der Waals surface area contributed by atoms with Crippen LogP contribution in [0.15, 0.2) is 71.6 Å². The summed E-state index contributed by atoms with van der Waals surface area (Å²) < 4.78 is 39.2. The number of rotatable bonds is 5. The van der Waals surface area contributed by atoms with Crippen LogP contribution in [0.3, 0.4) is 0 Å². The van der Waals surface area contributed by atoms with E-state index in [4.69, 9.17) is 21.1 Å². The Morgan fingerprint density at radius 3 is 2.44 bits per heavy atom. The van der Waals surface area contributed by atoms with Crippen molar-refractivity contribution < 1.29 is 22.7 Å². The summed E-state index contributed by atoms with van der Waals surface area (Å²) in [5.41, 5.74) is 1.79. The predicted molar refractivity (Wildman–Crippen MR) is 123 cm³/mol. The van der Waals surface area contributed by atoms with E-state index in [1.54, 1.807) is 54.6 Å². The molecule has 0 saturated heterocycles. The molecule has 1 heterocycles. The Hall–Kier alpha value is -3.23. The molecule has 0 spiro atoms. The molecule has 4 rings (SSSR count). The lowest BCUT2D eigenvalue weighted by molar-refractivity contribution is -0.122. The predicted octanol–water partition coefficient (Wildman–Crippen LogP) is 4.25. The zero-order valence-electron chi connectivity index (χ0n) is 17.4. The Kier molecular flexibility index (Phi) is 5.99. The van der Waals surface area contributed by atoms with Crippen LogP contribution in [-0.4, -0.2) is 34.1 Å². The normalized spacial score (nSPS) is 15.5. The third kappa shape index (κ3) is 4.37. The topological polar surface area (TPSA) is 84.9 Å². The van der Waals surface area contributed by atoms with E-state index in [2.05, 4.69) is 5.32 Å². The minimum Gasteiger partial charge on any atom is -0.497 e. The van der Waals surface area contributed by atoms with Crippen molar-refractivity contribution in [1.82, 2.24) is 0 Å². The first-order valence-electron chi connectivity index (χ1n) is 9.78. The number of benzene rings is 3. The third-order valence-electron chi connectivity index (χ3n) is 5.04. The van der Waals surface area contributed by atoms with Gasteiger partial charge in [0.05, 0.1) is 24.2 Å². The van der Waals surface area contributed by atoms with Gasteiger partial charge in [0.25, 0.3) is 15.9 Å². The van der Waals surface area contributed by atoms with Crippen LogP contribution < -0.4 is 19.1 Å². The number of halogens is 1. The molecule has 0 fully saturated rings. The van der Waals surface area contributed by atoms with Gasteiger partial charge in [-0.2, -0.15) is 0 Å². The number of amides is 1. The highest BCUT2D eigenvalue weighted by Crippen LogP contribution is 2.38. The van der Waals surface area contributed by atoms with E-state index in [0.717, 1.165) is 5.56 Å². The van der Waals surface area contributed by atoms with Crippen molar-refractivity contribution in [2.24, 2.45) is 0 Å². The lowest BCUT2D eigenvalue weighted by Gasteiger charge is -2.35. The van der Waals surface area contributed by atoms with Crippen molar-refractivity contribution in [3.63, 3.8) is 0 Å². The van der Waals surface area contributed by atoms with Gasteiger partial charge < -0.3 is 14.8 Å². The van der Waals surface area contributed by atoms with Gasteiger partial charge in [-0.1, -0.05) is 17.7 Å². The van der Waals surface area contributed by atoms with Gasteiger partial charge in [0.2, 0.25) is 0 Å². The summed E-state index contributed by atoms with van der Waals surface area (Å²) in [5.74, 6) is 0.404. The van der Waals surface area contributed by atoms with E-state index in [0.29, 0.717) is 27.9 Å². The van der Waals surface area contributed by atoms with Crippen molar-refractivity contribution in [1.29, 1.82) is 0 Å². The van der Waals surface area contributed by atoms with Crippen LogP contribution >= 0.6 is 11.6 Å². The maximum Gasteiger partial charge on any atom is 0.267 e. The minimum atomic E-state index is -3.96. The highest BCUT2D eigenvalue weighted by atomic mass is 35.5. The third-order valence-corrected chi connectivity index (χ3v) is 7.08. The van der Waals surface area contributed by atoms with Gasteiger partial charge in [-0.15, -0.1) is 0 Å². The Morgan fingerprint density at radius 2 is 1.78 bits per heavy atom. The van der Waals surface area contributed by atoms with Gasteiger partial charge >= 0.3 is 0 Å². The van der Waals surface area contributed by atoms with E-state index >= 15 is 0 Å². The van der Waals surface area contributed by atoms with Crippen LogP contribution in [0.5, 0.6) is 11.5 Å². The fourth-order valence-corrected chi connectivity index (χ4v) is 4.96. The summed E-state index contributed by atoms with van der Waals surface area (Å²) in [5, 5.41) is 3.29. The number of fused-ring (bicyclic) bond motifs is 1. The van der Waals surface area contributed by atoms with Gasteiger partial charge in [-0.05, 0) is 73.2 Å². The molecule has 1 atom stereocenters. The lowest BCUT2D eigenvalue weighted by atomic mass is 10.1. The molecule has 3 aromatic carbocycles. The van der Waals surface area contributed by atoms with E-state index in [1.165, 1.54) is 23.5 Å². The second-order valence-corrected chi connectivity index (χ2v) is 9.58. The fourth-order valence-electron chi connectivity index (χ4n) is 3.36. The SMILES string of the molecule is COc1ccc(S(=O)(=O)N2CC(C(=O)Nc3ccc(Cl)cc3)Oc3cc(C)ccc32)cc1. The molecule has 7 nitrogen and oxygen atoms in total. The van der Waals surface area contributed by atoms with Gasteiger partial charge in [0, 0.05) is 10.7 Å². The van der Waals surface area contributed by atoms with Crippen LogP contribution in [0.1, 0.15) is 5.56 Å². The Bertz CT molecular complexity index is 1240. The van der Waals surface area contributed by atoms with E-state index in [9.17, 15) is 13.2 Å². The highest BCUT2D eigenvalue weighted by molar-refractivity contribution is 7.92. The standard InChI is InChI=1S/C23H21ClN2O5S/c1-15-3-12-20-21(13-15)31-22(23(27)25-17-6-4-16(24)5-7-17)14-26(20)32(28,29)19-10-8-18(30-2)9-11-19/h3-13,22H,14H2,1-2H3,(H,25,27). The van der Waals surface area contributed by atoms with E-state index in [1.807, 2.05) is 6.92 Å². The zero-order valence-corrected chi connectivity index (χ0v) is 19.0. The van der Waals surface area contributed by atoms with Crippen LogP contribution in [0.25, 0.3) is 0 Å². The summed E-state index contributed by atoms with van der Waals surface area (Å²) in [6.45, 7) is 1.69. The number of sulfonamides is 1. The second-order valence-electron chi connectivity index (χ2n) is 7.29. The van der Waals surface area contributed by atoms with Crippen molar-refractivity contribution in [2.45, 2.75) is 17.9 Å². The van der Waals surface area contributed by atoms with Gasteiger partial charge in [-0.25, -0.2) is 8.42 Å². The summed E-state index contributed by atoms with van der Waals surface area (Å²) in [7, 11) is -2.45. The first-order valence-corrected chi connectivity index (χ1v) is 11.6. The monoisotopic (exact) mass is 472 g/mol. The molecule has 3 aromatic rings. The number of methoxy groups -OCH3 is 1. The molecule has 1 N–H and O–H groups in total. The molecule has 0 bridgehead atoms. The average Bonchev–Trinajstić information content (AvgIpc) is 2.79. The molecule has 0 radical (unpaired) electrons. The lowest BCUT2D eigenvalue weighted by Crippen LogP contribution is -2.48. The summed E-state index contributed by atoms with van der Waals surface area (Å²) in [6, 6.07) is 17.9. The van der Waals surface area contributed by atoms with Gasteiger partial charge in [0.15, 0.2) is 6.10 Å². The molecule has 32 heavy (non-hydrogen) atoms. The molecule has 1 aliphatic rings. The Balaban J connectivity index is 1.68. The Morgan fingerprint density at radius 1 is 1.09 bits per heavy atom. The fraction of sp³-hybridized carbons (Fsp3) is 0.174. The number of hydrogen-bond donors (Lipinski definition) is 1. The van der Waals surface area contributed by atoms with Crippen molar-refractivity contribution in [3.05, 3.63) is 77.3 Å². The number of ether oxygens (including phenoxy) is 2. The van der Waals surface area contributed by atoms with Crippen molar-refractivity contribution in [3.8, 4) is 11.5 Å². The smallest absolute Gasteiger partial charge is 0.267 e. The summed E-state index contributed by atoms with van der Waals surface area (Å²) >= 11 is 5.90. The Labute approximate surface area is 191 Å². The molecule has 1 unspecified atom stereocenters. The summed E-state index contributed by atoms with van der Waals surface area (Å²) in [4.78, 5) is 13.0. The molecule has 166 valence electrons. The van der Waals surface area contributed by atoms with Crippen molar-refractivity contribution in [2.75, 3.05) is 23.3 Å². The number of carbonyl (C=O) groups is 1. The second kappa shape index (κ2) is 8.72. The number of aryl methyl sites for hydroxylation is 1. The van der Waals surface area contributed by atoms with E-state index in [-0.39, 0.29) is 11.4 Å². The largest absolute Gasteiger partial charge is 0.497 e. The molecule has 0 saturated carbocycles. The quantitative estimate of drug-likeness (QED) is 0.600. The van der Waals surface area contributed by atoms with Crippen molar-refractivity contribution >= 4 is 38.9 Å². The maximum atomic E-state index is 13.5. The number of carbonyl (C=O) groups excluding carboxylic acids is 1. The number of nitrogens with one attached hydrogen (secondary N) is 1. The first-order chi connectivity index (χ1) is 15.3. The molecule has 1 aliphatic heterocycles. The highest BCUT2D eigenvalue weighted by Gasteiger charge is 2.37. The zero-order chi connectivity index (χ0) is 22.9. The van der Waals surface area contributed by atoms with Crippen LogP contribution in [-0.2, 0) is 14.8 Å².